The summed E-state index contributed by atoms with van der Waals surface area (Å²) in [5, 5.41) is 2.45. The highest BCUT2D eigenvalue weighted by Gasteiger charge is 2.61. The van der Waals surface area contributed by atoms with Crippen LogP contribution < -0.4 is 15.0 Å². The molecule has 3 aliphatic rings. The lowest BCUT2D eigenvalue weighted by atomic mass is 9.85. The van der Waals surface area contributed by atoms with E-state index in [1.54, 1.807) is 31.4 Å². The van der Waals surface area contributed by atoms with Gasteiger partial charge in [0.15, 0.2) is 5.78 Å². The summed E-state index contributed by atoms with van der Waals surface area (Å²) in [4.78, 5) is 41.1. The molecule has 2 amide bonds. The first-order valence-corrected chi connectivity index (χ1v) is 10.0. The number of ether oxygens (including phenoxy) is 1. The number of Topliss-reactive ketones (excluding diaryl/α,β-unsaturated/α-hetero) is 1. The van der Waals surface area contributed by atoms with Crippen molar-refractivity contribution in [3.05, 3.63) is 65.2 Å². The molecule has 0 aromatic heterocycles. The predicted molar refractivity (Wildman–Crippen MR) is 112 cm³/mol. The fraction of sp³-hybridized carbons (Fsp3) is 0.292. The zero-order chi connectivity index (χ0) is 21.2. The number of anilines is 1. The van der Waals surface area contributed by atoms with Crippen LogP contribution in [0.2, 0.25) is 0 Å². The maximum atomic E-state index is 13.7. The molecule has 2 fully saturated rings. The van der Waals surface area contributed by atoms with E-state index in [9.17, 15) is 14.4 Å². The normalized spacial score (nSPS) is 26.5. The Labute approximate surface area is 174 Å². The first kappa shape index (κ1) is 18.6. The van der Waals surface area contributed by atoms with Gasteiger partial charge in [0.05, 0.1) is 25.0 Å². The molecule has 6 heteroatoms. The second kappa shape index (κ2) is 6.55. The lowest BCUT2D eigenvalue weighted by Gasteiger charge is -2.37. The van der Waals surface area contributed by atoms with E-state index in [0.717, 1.165) is 22.4 Å². The molecule has 1 N–H and O–H groups in total. The van der Waals surface area contributed by atoms with E-state index in [4.69, 9.17) is 4.74 Å². The van der Waals surface area contributed by atoms with Gasteiger partial charge >= 0.3 is 0 Å². The van der Waals surface area contributed by atoms with Gasteiger partial charge in [0.1, 0.15) is 11.8 Å². The number of carbonyl (C=O) groups excluding carboxylic acids is 3. The number of carbonyl (C=O) groups is 3. The summed E-state index contributed by atoms with van der Waals surface area (Å²) in [6.07, 6.45) is 2.02. The molecule has 4 atom stereocenters. The van der Waals surface area contributed by atoms with Crippen molar-refractivity contribution in [2.75, 3.05) is 12.0 Å². The summed E-state index contributed by atoms with van der Waals surface area (Å²) >= 11 is 0. The van der Waals surface area contributed by atoms with Crippen molar-refractivity contribution in [3.63, 3.8) is 0 Å². The predicted octanol–water partition coefficient (Wildman–Crippen LogP) is 2.75. The van der Waals surface area contributed by atoms with E-state index < -0.39 is 17.9 Å². The van der Waals surface area contributed by atoms with Crippen LogP contribution in [0.1, 0.15) is 28.4 Å². The molecule has 0 spiro atoms. The summed E-state index contributed by atoms with van der Waals surface area (Å²) < 4.78 is 5.27. The van der Waals surface area contributed by atoms with Crippen LogP contribution in [0.25, 0.3) is 5.57 Å². The van der Waals surface area contributed by atoms with Crippen LogP contribution >= 0.6 is 0 Å². The number of ketones is 1. The van der Waals surface area contributed by atoms with Crippen molar-refractivity contribution in [1.29, 1.82) is 0 Å². The molecule has 3 aliphatic heterocycles. The zero-order valence-corrected chi connectivity index (χ0v) is 17.0. The molecule has 5 rings (SSSR count). The van der Waals surface area contributed by atoms with Gasteiger partial charge in [-0.2, -0.15) is 0 Å². The van der Waals surface area contributed by atoms with Gasteiger partial charge in [-0.05, 0) is 43.7 Å². The van der Waals surface area contributed by atoms with E-state index in [0.29, 0.717) is 11.3 Å². The highest BCUT2D eigenvalue weighted by molar-refractivity contribution is 6.14. The van der Waals surface area contributed by atoms with E-state index in [-0.39, 0.29) is 23.6 Å². The number of nitrogens with zero attached hydrogens (tertiary/aromatic N) is 1. The van der Waals surface area contributed by atoms with Gasteiger partial charge in [-0.1, -0.05) is 29.8 Å². The topological polar surface area (TPSA) is 75.7 Å². The molecule has 0 radical (unpaired) electrons. The Kier molecular flexibility index (Phi) is 4.07. The van der Waals surface area contributed by atoms with Gasteiger partial charge < -0.3 is 9.64 Å². The monoisotopic (exact) mass is 402 g/mol. The Morgan fingerprint density at radius 2 is 1.80 bits per heavy atom. The minimum atomic E-state index is -0.760. The maximum Gasteiger partial charge on any atom is 0.233 e. The summed E-state index contributed by atoms with van der Waals surface area (Å²) in [6.45, 7) is 4.03. The highest BCUT2D eigenvalue weighted by Crippen LogP contribution is 2.48. The molecular formula is C24H22N2O4. The minimum Gasteiger partial charge on any atom is -0.497 e. The van der Waals surface area contributed by atoms with Crippen molar-refractivity contribution in [3.8, 4) is 5.75 Å². The fourth-order valence-electron chi connectivity index (χ4n) is 5.12. The Hall–Kier alpha value is -3.41. The standard InChI is InChI=1S/C24H22N2O4/c1-12-7-8-17-16(9-12)13(2)10-18-19-20(24(29)25-23(19)28)21(26(17)18)22(27)14-5-4-6-15(11-14)30-3/h4-11,18-21H,1-3H3,(H,25,28,29)/t18-,19+,20+,21+/m0/s1. The molecular weight excluding hydrogens is 380 g/mol. The first-order chi connectivity index (χ1) is 14.4. The number of aryl methyl sites for hydroxylation is 1. The molecule has 0 unspecified atom stereocenters. The van der Waals surface area contributed by atoms with E-state index >= 15 is 0 Å². The molecule has 6 nitrogen and oxygen atoms in total. The largest absolute Gasteiger partial charge is 0.497 e. The number of amides is 2. The second-order valence-electron chi connectivity index (χ2n) is 8.21. The van der Waals surface area contributed by atoms with Crippen LogP contribution in [0.15, 0.2) is 48.5 Å². The van der Waals surface area contributed by atoms with Crippen LogP contribution in [0.5, 0.6) is 5.75 Å². The van der Waals surface area contributed by atoms with Crippen molar-refractivity contribution in [2.24, 2.45) is 11.8 Å². The third-order valence-electron chi connectivity index (χ3n) is 6.47. The second-order valence-corrected chi connectivity index (χ2v) is 8.21. The minimum absolute atomic E-state index is 0.185. The van der Waals surface area contributed by atoms with Crippen molar-refractivity contribution < 1.29 is 19.1 Å². The summed E-state index contributed by atoms with van der Waals surface area (Å²) in [7, 11) is 1.55. The van der Waals surface area contributed by atoms with Gasteiger partial charge in [0.25, 0.3) is 0 Å². The van der Waals surface area contributed by atoms with Gasteiger partial charge in [0, 0.05) is 16.8 Å². The van der Waals surface area contributed by atoms with Crippen molar-refractivity contribution in [2.45, 2.75) is 25.9 Å². The molecule has 152 valence electrons. The van der Waals surface area contributed by atoms with E-state index in [2.05, 4.69) is 11.4 Å². The molecule has 2 aromatic rings. The van der Waals surface area contributed by atoms with Crippen molar-refractivity contribution >= 4 is 28.9 Å². The van der Waals surface area contributed by atoms with Crippen LogP contribution in [0.3, 0.4) is 0 Å². The summed E-state index contributed by atoms with van der Waals surface area (Å²) in [5.74, 6) is -1.60. The SMILES string of the molecule is COc1cccc(C(=O)[C@H]2[C@@H]3C(=O)NC(=O)[C@@H]3[C@@H]3C=C(C)c4cc(C)ccc4N32)c1. The number of imide groups is 1. The van der Waals surface area contributed by atoms with Crippen LogP contribution in [0, 0.1) is 18.8 Å². The third-order valence-corrected chi connectivity index (χ3v) is 6.47. The van der Waals surface area contributed by atoms with Gasteiger partial charge in [-0.15, -0.1) is 0 Å². The Morgan fingerprint density at radius 1 is 1.03 bits per heavy atom. The lowest BCUT2D eigenvalue weighted by molar-refractivity contribution is -0.126. The van der Waals surface area contributed by atoms with Gasteiger partial charge in [-0.3, -0.25) is 19.7 Å². The van der Waals surface area contributed by atoms with Crippen LogP contribution in [-0.4, -0.2) is 36.8 Å². The molecule has 0 aliphatic carbocycles. The smallest absolute Gasteiger partial charge is 0.233 e. The number of methoxy groups -OCH3 is 1. The van der Waals surface area contributed by atoms with Crippen LogP contribution in [0.4, 0.5) is 5.69 Å². The third kappa shape index (κ3) is 2.53. The number of nitrogens with one attached hydrogen (secondary N) is 1. The zero-order valence-electron chi connectivity index (χ0n) is 17.0. The number of hydrogen-bond donors (Lipinski definition) is 1. The average molecular weight is 402 g/mol. The Bertz CT molecular complexity index is 1140. The Morgan fingerprint density at radius 3 is 2.57 bits per heavy atom. The first-order valence-electron chi connectivity index (χ1n) is 10.0. The average Bonchev–Trinajstić information content (AvgIpc) is 3.23. The van der Waals surface area contributed by atoms with Crippen molar-refractivity contribution in [1.82, 2.24) is 5.32 Å². The molecule has 0 bridgehead atoms. The van der Waals surface area contributed by atoms with E-state index in [1.807, 2.05) is 37.0 Å². The number of allylic oxidation sites excluding steroid dienone is 1. The fourth-order valence-corrected chi connectivity index (χ4v) is 5.12. The Balaban J connectivity index is 1.68. The van der Waals surface area contributed by atoms with E-state index in [1.165, 1.54) is 0 Å². The lowest BCUT2D eigenvalue weighted by Crippen LogP contribution is -2.48. The molecule has 2 aromatic carbocycles. The number of hydrogen-bond acceptors (Lipinski definition) is 5. The maximum absolute atomic E-state index is 13.7. The number of rotatable bonds is 3. The molecule has 30 heavy (non-hydrogen) atoms. The summed E-state index contributed by atoms with van der Waals surface area (Å²) in [6, 6.07) is 11.9. The number of fused-ring (bicyclic) bond motifs is 5. The molecule has 3 heterocycles. The van der Waals surface area contributed by atoms with Crippen LogP contribution in [-0.2, 0) is 9.59 Å². The van der Waals surface area contributed by atoms with Gasteiger partial charge in [-0.25, -0.2) is 0 Å². The highest BCUT2D eigenvalue weighted by atomic mass is 16.5. The summed E-state index contributed by atoms with van der Waals surface area (Å²) in [5.41, 5.74) is 4.55. The molecule has 0 saturated carbocycles. The van der Waals surface area contributed by atoms with Gasteiger partial charge in [0.2, 0.25) is 11.8 Å². The quantitative estimate of drug-likeness (QED) is 0.631. The molecule has 2 saturated heterocycles. The number of benzene rings is 2.